The van der Waals surface area contributed by atoms with Crippen LogP contribution in [0.4, 0.5) is 4.39 Å². The molecule has 0 aliphatic carbocycles. The van der Waals surface area contributed by atoms with Crippen molar-refractivity contribution in [2.45, 2.75) is 38.9 Å². The number of aryl methyl sites for hydroxylation is 2. The van der Waals surface area contributed by atoms with Crippen molar-refractivity contribution in [1.82, 2.24) is 14.5 Å². The molecule has 1 aromatic carbocycles. The van der Waals surface area contributed by atoms with Gasteiger partial charge in [0.1, 0.15) is 5.82 Å². The lowest BCUT2D eigenvalue weighted by molar-refractivity contribution is 0.228. The fourth-order valence-corrected chi connectivity index (χ4v) is 3.75. The van der Waals surface area contributed by atoms with E-state index in [2.05, 4.69) is 40.6 Å². The number of fused-ring (bicyclic) bond motifs is 3. The van der Waals surface area contributed by atoms with Gasteiger partial charge >= 0.3 is 0 Å². The Morgan fingerprint density at radius 1 is 1.21 bits per heavy atom. The minimum atomic E-state index is -0.155. The van der Waals surface area contributed by atoms with E-state index in [1.54, 1.807) is 12.1 Å². The van der Waals surface area contributed by atoms with Crippen molar-refractivity contribution in [1.29, 1.82) is 0 Å². The summed E-state index contributed by atoms with van der Waals surface area (Å²) in [6.07, 6.45) is 5.65. The fourth-order valence-electron chi connectivity index (χ4n) is 3.75. The number of benzene rings is 1. The Morgan fingerprint density at radius 3 is 2.79 bits per heavy atom. The molecule has 0 spiro atoms. The topological polar surface area (TPSA) is 21.1 Å². The van der Waals surface area contributed by atoms with E-state index < -0.39 is 0 Å². The predicted octanol–water partition coefficient (Wildman–Crippen LogP) is 3.79. The number of hydrogen-bond donors (Lipinski definition) is 0. The fraction of sp³-hybridized carbons (Fsp3) is 0.350. The number of pyridine rings is 1. The molecule has 0 bridgehead atoms. The van der Waals surface area contributed by atoms with Crippen LogP contribution < -0.4 is 0 Å². The first-order valence-electron chi connectivity index (χ1n) is 8.52. The summed E-state index contributed by atoms with van der Waals surface area (Å²) in [7, 11) is 2.15. The number of nitrogens with zero attached hydrogens (tertiary/aromatic N) is 3. The molecule has 3 heterocycles. The van der Waals surface area contributed by atoms with Crippen LogP contribution in [0.1, 0.15) is 23.7 Å². The Morgan fingerprint density at radius 2 is 2.00 bits per heavy atom. The molecule has 3 aromatic rings. The Hall–Kier alpha value is -2.20. The number of halogens is 1. The van der Waals surface area contributed by atoms with Crippen LogP contribution >= 0.6 is 0 Å². The van der Waals surface area contributed by atoms with Gasteiger partial charge in [0, 0.05) is 54.5 Å². The summed E-state index contributed by atoms with van der Waals surface area (Å²) < 4.78 is 16.2. The first-order chi connectivity index (χ1) is 11.6. The second-order valence-electron chi connectivity index (χ2n) is 6.81. The quantitative estimate of drug-likeness (QED) is 0.731. The molecule has 1 unspecified atom stereocenters. The van der Waals surface area contributed by atoms with Gasteiger partial charge in [0.25, 0.3) is 0 Å². The predicted molar refractivity (Wildman–Crippen MR) is 94.5 cm³/mol. The van der Waals surface area contributed by atoms with Gasteiger partial charge in [0.2, 0.25) is 0 Å². The first-order valence-corrected chi connectivity index (χ1v) is 8.52. The number of aromatic nitrogens is 2. The van der Waals surface area contributed by atoms with Gasteiger partial charge in [0.05, 0.1) is 0 Å². The summed E-state index contributed by atoms with van der Waals surface area (Å²) in [5, 5.41) is 1.07. The Kier molecular flexibility index (Phi) is 3.85. The standard InChI is InChI=1S/C20H22FN3/c1-14-11-20-18(13-23(14)2)17-12-16(21)3-4-19(17)24(20)10-7-15-5-8-22-9-6-15/h3-6,8-9,12,14H,7,10-11,13H2,1-2H3. The first kappa shape index (κ1) is 15.3. The van der Waals surface area contributed by atoms with E-state index in [-0.39, 0.29) is 5.82 Å². The molecule has 0 saturated carbocycles. The third-order valence-corrected chi connectivity index (χ3v) is 5.27. The number of hydrogen-bond acceptors (Lipinski definition) is 2. The molecule has 1 aliphatic heterocycles. The average molecular weight is 323 g/mol. The maximum absolute atomic E-state index is 13.8. The van der Waals surface area contributed by atoms with Crippen LogP contribution in [-0.2, 0) is 25.9 Å². The maximum Gasteiger partial charge on any atom is 0.123 e. The highest BCUT2D eigenvalue weighted by molar-refractivity contribution is 5.86. The monoisotopic (exact) mass is 323 g/mol. The van der Waals surface area contributed by atoms with E-state index in [1.165, 1.54) is 16.8 Å². The van der Waals surface area contributed by atoms with E-state index >= 15 is 0 Å². The molecule has 24 heavy (non-hydrogen) atoms. The van der Waals surface area contributed by atoms with Crippen LogP contribution in [0.15, 0.2) is 42.7 Å². The molecule has 3 nitrogen and oxygen atoms in total. The molecular weight excluding hydrogens is 301 g/mol. The Labute approximate surface area is 141 Å². The van der Waals surface area contributed by atoms with Gasteiger partial charge in [-0.25, -0.2) is 4.39 Å². The summed E-state index contributed by atoms with van der Waals surface area (Å²) in [6.45, 7) is 4.06. The Bertz CT molecular complexity index is 869. The van der Waals surface area contributed by atoms with Crippen molar-refractivity contribution in [3.05, 3.63) is 65.4 Å². The highest BCUT2D eigenvalue weighted by Gasteiger charge is 2.26. The highest BCUT2D eigenvalue weighted by Crippen LogP contribution is 2.33. The molecule has 0 radical (unpaired) electrons. The molecule has 1 aliphatic rings. The van der Waals surface area contributed by atoms with Crippen molar-refractivity contribution >= 4 is 10.9 Å². The Balaban J connectivity index is 1.78. The van der Waals surface area contributed by atoms with Crippen molar-refractivity contribution in [2.75, 3.05) is 7.05 Å². The van der Waals surface area contributed by atoms with Gasteiger partial charge in [-0.05, 0) is 61.9 Å². The van der Waals surface area contributed by atoms with E-state index in [4.69, 9.17) is 0 Å². The lowest BCUT2D eigenvalue weighted by Crippen LogP contribution is -2.35. The lowest BCUT2D eigenvalue weighted by atomic mass is 10.00. The SMILES string of the molecule is CC1Cc2c(c3cc(F)ccc3n2CCc2ccncc2)CN1C. The van der Waals surface area contributed by atoms with Gasteiger partial charge in [-0.2, -0.15) is 0 Å². The van der Waals surface area contributed by atoms with E-state index in [0.717, 1.165) is 36.8 Å². The van der Waals surface area contributed by atoms with Crippen molar-refractivity contribution in [3.63, 3.8) is 0 Å². The van der Waals surface area contributed by atoms with Gasteiger partial charge in [-0.15, -0.1) is 0 Å². The van der Waals surface area contributed by atoms with Crippen molar-refractivity contribution in [3.8, 4) is 0 Å². The molecular formula is C20H22FN3. The highest BCUT2D eigenvalue weighted by atomic mass is 19.1. The molecule has 124 valence electrons. The normalized spacial score (nSPS) is 18.0. The molecule has 1 atom stereocenters. The van der Waals surface area contributed by atoms with Gasteiger partial charge in [-0.1, -0.05) is 0 Å². The van der Waals surface area contributed by atoms with Crippen molar-refractivity contribution in [2.24, 2.45) is 0 Å². The van der Waals surface area contributed by atoms with Gasteiger partial charge < -0.3 is 4.57 Å². The third kappa shape index (κ3) is 2.61. The van der Waals surface area contributed by atoms with Gasteiger partial charge in [0.15, 0.2) is 0 Å². The van der Waals surface area contributed by atoms with Gasteiger partial charge in [-0.3, -0.25) is 9.88 Å². The second-order valence-corrected chi connectivity index (χ2v) is 6.81. The zero-order valence-corrected chi connectivity index (χ0v) is 14.2. The molecule has 2 aromatic heterocycles. The van der Waals surface area contributed by atoms with Crippen LogP contribution in [0.5, 0.6) is 0 Å². The van der Waals surface area contributed by atoms with Crippen LogP contribution in [0.25, 0.3) is 10.9 Å². The maximum atomic E-state index is 13.8. The molecule has 4 heteroatoms. The molecule has 4 rings (SSSR count). The number of rotatable bonds is 3. The third-order valence-electron chi connectivity index (χ3n) is 5.27. The average Bonchev–Trinajstić information content (AvgIpc) is 2.87. The second kappa shape index (κ2) is 6.02. The summed E-state index contributed by atoms with van der Waals surface area (Å²) in [5.41, 5.74) is 5.09. The van der Waals surface area contributed by atoms with Crippen LogP contribution in [0.3, 0.4) is 0 Å². The van der Waals surface area contributed by atoms with Crippen LogP contribution in [0.2, 0.25) is 0 Å². The summed E-state index contributed by atoms with van der Waals surface area (Å²) >= 11 is 0. The minimum Gasteiger partial charge on any atom is -0.344 e. The molecule has 0 fully saturated rings. The minimum absolute atomic E-state index is 0.155. The summed E-state index contributed by atoms with van der Waals surface area (Å²) in [5.74, 6) is -0.155. The summed E-state index contributed by atoms with van der Waals surface area (Å²) in [4.78, 5) is 6.43. The smallest absolute Gasteiger partial charge is 0.123 e. The largest absolute Gasteiger partial charge is 0.344 e. The molecule has 0 N–H and O–H groups in total. The number of likely N-dealkylation sites (N-methyl/N-ethyl adjacent to an activating group) is 1. The van der Waals surface area contributed by atoms with Crippen LogP contribution in [-0.4, -0.2) is 27.5 Å². The van der Waals surface area contributed by atoms with E-state index in [0.29, 0.717) is 6.04 Å². The molecule has 0 saturated heterocycles. The van der Waals surface area contributed by atoms with Crippen molar-refractivity contribution < 1.29 is 4.39 Å². The zero-order valence-electron chi connectivity index (χ0n) is 14.2. The lowest BCUT2D eigenvalue weighted by Gasteiger charge is -2.31. The zero-order chi connectivity index (χ0) is 16.7. The van der Waals surface area contributed by atoms with E-state index in [1.807, 2.05) is 18.5 Å². The van der Waals surface area contributed by atoms with E-state index in [9.17, 15) is 4.39 Å². The summed E-state index contributed by atoms with van der Waals surface area (Å²) in [6, 6.07) is 9.83. The molecule has 0 amide bonds. The van der Waals surface area contributed by atoms with Crippen LogP contribution in [0, 0.1) is 5.82 Å².